The highest BCUT2D eigenvalue weighted by molar-refractivity contribution is 6.05. The van der Waals surface area contributed by atoms with Gasteiger partial charge in [0.1, 0.15) is 5.76 Å². The molecule has 6 nitrogen and oxygen atoms in total. The van der Waals surface area contributed by atoms with Gasteiger partial charge in [-0.05, 0) is 25.1 Å². The van der Waals surface area contributed by atoms with E-state index < -0.39 is 12.1 Å². The van der Waals surface area contributed by atoms with Crippen molar-refractivity contribution in [1.82, 2.24) is 9.88 Å². The molecule has 2 aromatic heterocycles. The molecule has 2 heterocycles. The molecular formula is C18H18N2O4. The van der Waals surface area contributed by atoms with Crippen molar-refractivity contribution in [2.24, 2.45) is 7.05 Å². The normalized spacial score (nSPS) is 12.1. The van der Waals surface area contributed by atoms with Crippen molar-refractivity contribution in [3.63, 3.8) is 0 Å². The first-order valence-corrected chi connectivity index (χ1v) is 7.61. The molecule has 0 aliphatic carbocycles. The number of benzene rings is 1. The number of amides is 1. The Morgan fingerprint density at radius 3 is 2.79 bits per heavy atom. The predicted octanol–water partition coefficient (Wildman–Crippen LogP) is 2.63. The molecule has 6 heteroatoms. The average Bonchev–Trinajstić information content (AvgIpc) is 3.21. The fourth-order valence-corrected chi connectivity index (χ4v) is 2.51. The van der Waals surface area contributed by atoms with E-state index in [0.29, 0.717) is 11.3 Å². The number of nitrogens with zero attached hydrogens (tertiary/aromatic N) is 1. The molecule has 0 aliphatic heterocycles. The number of hydrogen-bond donors (Lipinski definition) is 1. The molecule has 124 valence electrons. The molecule has 0 spiro atoms. The molecule has 1 atom stereocenters. The van der Waals surface area contributed by atoms with Crippen LogP contribution in [0, 0.1) is 0 Å². The molecular weight excluding hydrogens is 308 g/mol. The van der Waals surface area contributed by atoms with E-state index >= 15 is 0 Å². The molecule has 3 aromatic rings. The van der Waals surface area contributed by atoms with Gasteiger partial charge in [-0.1, -0.05) is 18.2 Å². The smallest absolute Gasteiger partial charge is 0.341 e. The minimum Gasteiger partial charge on any atom is -0.467 e. The third-order valence-corrected chi connectivity index (χ3v) is 3.79. The van der Waals surface area contributed by atoms with Crippen LogP contribution in [0.25, 0.3) is 10.9 Å². The van der Waals surface area contributed by atoms with E-state index in [9.17, 15) is 9.59 Å². The lowest BCUT2D eigenvalue weighted by molar-refractivity contribution is -0.129. The van der Waals surface area contributed by atoms with Crippen LogP contribution in [0.4, 0.5) is 0 Å². The van der Waals surface area contributed by atoms with Gasteiger partial charge in [-0.2, -0.15) is 0 Å². The van der Waals surface area contributed by atoms with Crippen molar-refractivity contribution in [3.05, 3.63) is 60.2 Å². The summed E-state index contributed by atoms with van der Waals surface area (Å²) in [7, 11) is 1.86. The number of furan rings is 1. The molecule has 0 saturated carbocycles. The number of fused-ring (bicyclic) bond motifs is 1. The highest BCUT2D eigenvalue weighted by Gasteiger charge is 2.21. The molecule has 1 amide bonds. The van der Waals surface area contributed by atoms with E-state index in [1.165, 1.54) is 6.26 Å². The number of hydrogen-bond acceptors (Lipinski definition) is 4. The van der Waals surface area contributed by atoms with Crippen molar-refractivity contribution in [2.45, 2.75) is 19.6 Å². The fourth-order valence-electron chi connectivity index (χ4n) is 2.51. The van der Waals surface area contributed by atoms with Crippen molar-refractivity contribution < 1.29 is 18.7 Å². The summed E-state index contributed by atoms with van der Waals surface area (Å²) in [6.45, 7) is 1.79. The van der Waals surface area contributed by atoms with Gasteiger partial charge in [0.15, 0.2) is 6.10 Å². The Labute approximate surface area is 139 Å². The first kappa shape index (κ1) is 15.9. The van der Waals surface area contributed by atoms with Gasteiger partial charge in [0.05, 0.1) is 18.4 Å². The topological polar surface area (TPSA) is 73.5 Å². The number of aromatic nitrogens is 1. The number of nitrogens with one attached hydrogen (secondary N) is 1. The number of rotatable bonds is 5. The maximum Gasteiger partial charge on any atom is 0.341 e. The Bertz CT molecular complexity index is 864. The SMILES string of the molecule is C[C@H](OC(=O)c1cn(C)c2ccccc12)C(=O)NCc1ccco1. The number of carbonyl (C=O) groups excluding carboxylic acids is 2. The Balaban J connectivity index is 1.66. The third-order valence-electron chi connectivity index (χ3n) is 3.79. The predicted molar refractivity (Wildman–Crippen MR) is 88.4 cm³/mol. The van der Waals surface area contributed by atoms with Crippen LogP contribution in [-0.2, 0) is 23.1 Å². The minimum absolute atomic E-state index is 0.252. The number of carbonyl (C=O) groups is 2. The number of esters is 1. The Hall–Kier alpha value is -3.02. The standard InChI is InChI=1S/C18H18N2O4/c1-12(17(21)19-10-13-6-5-9-23-13)24-18(22)15-11-20(2)16-8-4-3-7-14(15)16/h3-9,11-12H,10H2,1-2H3,(H,19,21)/t12-/m0/s1. The van der Waals surface area contributed by atoms with Gasteiger partial charge < -0.3 is 19.0 Å². The van der Waals surface area contributed by atoms with Crippen LogP contribution in [0.5, 0.6) is 0 Å². The zero-order chi connectivity index (χ0) is 17.1. The van der Waals surface area contributed by atoms with Crippen LogP contribution in [0.2, 0.25) is 0 Å². The molecule has 0 unspecified atom stereocenters. The Morgan fingerprint density at radius 2 is 2.04 bits per heavy atom. The van der Waals surface area contributed by atoms with Crippen molar-refractivity contribution in [1.29, 1.82) is 0 Å². The zero-order valence-electron chi connectivity index (χ0n) is 13.5. The van der Waals surface area contributed by atoms with Gasteiger partial charge in [-0.15, -0.1) is 0 Å². The maximum absolute atomic E-state index is 12.4. The lowest BCUT2D eigenvalue weighted by Crippen LogP contribution is -2.35. The van der Waals surface area contributed by atoms with Crippen molar-refractivity contribution >= 4 is 22.8 Å². The number of ether oxygens (including phenoxy) is 1. The molecule has 1 aromatic carbocycles. The maximum atomic E-state index is 12.4. The summed E-state index contributed by atoms with van der Waals surface area (Å²) < 4.78 is 12.3. The quantitative estimate of drug-likeness (QED) is 0.732. The van der Waals surface area contributed by atoms with E-state index in [4.69, 9.17) is 9.15 Å². The van der Waals surface area contributed by atoms with Gasteiger partial charge >= 0.3 is 5.97 Å². The highest BCUT2D eigenvalue weighted by Crippen LogP contribution is 2.21. The van der Waals surface area contributed by atoms with E-state index in [0.717, 1.165) is 10.9 Å². The average molecular weight is 326 g/mol. The summed E-state index contributed by atoms with van der Waals surface area (Å²) in [4.78, 5) is 24.4. The van der Waals surface area contributed by atoms with E-state index in [-0.39, 0.29) is 12.5 Å². The second-order valence-corrected chi connectivity index (χ2v) is 5.52. The first-order chi connectivity index (χ1) is 11.6. The summed E-state index contributed by atoms with van der Waals surface area (Å²) in [6, 6.07) is 11.0. The van der Waals surface area contributed by atoms with E-state index in [1.807, 2.05) is 35.9 Å². The lowest BCUT2D eigenvalue weighted by Gasteiger charge is -2.12. The van der Waals surface area contributed by atoms with Crippen LogP contribution in [0.1, 0.15) is 23.0 Å². The Kier molecular flexibility index (Phi) is 4.37. The molecule has 24 heavy (non-hydrogen) atoms. The molecule has 0 radical (unpaired) electrons. The van der Waals surface area contributed by atoms with Crippen molar-refractivity contribution in [3.8, 4) is 0 Å². The van der Waals surface area contributed by atoms with Crippen LogP contribution < -0.4 is 5.32 Å². The highest BCUT2D eigenvalue weighted by atomic mass is 16.5. The number of aryl methyl sites for hydroxylation is 1. The summed E-state index contributed by atoms with van der Waals surface area (Å²) in [5.41, 5.74) is 1.37. The summed E-state index contributed by atoms with van der Waals surface area (Å²) >= 11 is 0. The van der Waals surface area contributed by atoms with Crippen LogP contribution in [0.15, 0.2) is 53.3 Å². The van der Waals surface area contributed by atoms with Crippen LogP contribution >= 0.6 is 0 Å². The molecule has 0 bridgehead atoms. The molecule has 3 rings (SSSR count). The van der Waals surface area contributed by atoms with Crippen LogP contribution in [-0.4, -0.2) is 22.5 Å². The summed E-state index contributed by atoms with van der Waals surface area (Å²) in [5, 5.41) is 3.47. The van der Waals surface area contributed by atoms with Crippen LogP contribution in [0.3, 0.4) is 0 Å². The molecule has 1 N–H and O–H groups in total. The molecule has 0 aliphatic rings. The van der Waals surface area contributed by atoms with Gasteiger partial charge in [0, 0.05) is 24.1 Å². The van der Waals surface area contributed by atoms with Crippen molar-refractivity contribution in [2.75, 3.05) is 0 Å². The summed E-state index contributed by atoms with van der Waals surface area (Å²) in [5.74, 6) is -0.261. The van der Waals surface area contributed by atoms with Gasteiger partial charge in [-0.25, -0.2) is 4.79 Å². The minimum atomic E-state index is -0.897. The number of para-hydroxylation sites is 1. The Morgan fingerprint density at radius 1 is 1.25 bits per heavy atom. The van der Waals surface area contributed by atoms with Gasteiger partial charge in [-0.3, -0.25) is 4.79 Å². The first-order valence-electron chi connectivity index (χ1n) is 7.61. The van der Waals surface area contributed by atoms with Gasteiger partial charge in [0.2, 0.25) is 0 Å². The summed E-state index contributed by atoms with van der Waals surface area (Å²) in [6.07, 6.45) is 2.35. The van der Waals surface area contributed by atoms with Gasteiger partial charge in [0.25, 0.3) is 5.91 Å². The second kappa shape index (κ2) is 6.62. The monoisotopic (exact) mass is 326 g/mol. The van der Waals surface area contributed by atoms with E-state index in [1.54, 1.807) is 25.3 Å². The second-order valence-electron chi connectivity index (χ2n) is 5.52. The molecule has 0 saturated heterocycles. The third kappa shape index (κ3) is 3.17. The lowest BCUT2D eigenvalue weighted by atomic mass is 10.2. The van der Waals surface area contributed by atoms with E-state index in [2.05, 4.69) is 5.32 Å². The fraction of sp³-hybridized carbons (Fsp3) is 0.222. The zero-order valence-corrected chi connectivity index (χ0v) is 13.5. The largest absolute Gasteiger partial charge is 0.467 e. The molecule has 0 fully saturated rings.